The SMILES string of the molecule is CC(C)[C@H](NC(=O)c1ccco1)C(=O)Nc1cccc(COc2cccc(F)c2)c1. The molecule has 0 bridgehead atoms. The Morgan fingerprint density at radius 2 is 1.87 bits per heavy atom. The predicted octanol–water partition coefficient (Wildman–Crippen LogP) is 4.39. The van der Waals surface area contributed by atoms with Gasteiger partial charge in [-0.25, -0.2) is 4.39 Å². The summed E-state index contributed by atoms with van der Waals surface area (Å²) in [5.74, 6) is -0.734. The van der Waals surface area contributed by atoms with Gasteiger partial charge in [0.05, 0.1) is 6.26 Å². The summed E-state index contributed by atoms with van der Waals surface area (Å²) in [5, 5.41) is 5.52. The van der Waals surface area contributed by atoms with E-state index in [9.17, 15) is 14.0 Å². The average molecular weight is 410 g/mol. The quantitative estimate of drug-likeness (QED) is 0.577. The zero-order chi connectivity index (χ0) is 21.5. The fourth-order valence-electron chi connectivity index (χ4n) is 2.84. The van der Waals surface area contributed by atoms with E-state index in [2.05, 4.69) is 10.6 Å². The number of amides is 2. The van der Waals surface area contributed by atoms with Crippen molar-refractivity contribution in [1.82, 2.24) is 5.32 Å². The van der Waals surface area contributed by atoms with E-state index >= 15 is 0 Å². The topological polar surface area (TPSA) is 80.6 Å². The third-order valence-electron chi connectivity index (χ3n) is 4.38. The number of anilines is 1. The molecule has 2 amide bonds. The number of furan rings is 1. The van der Waals surface area contributed by atoms with Crippen LogP contribution in [0.15, 0.2) is 71.3 Å². The minimum Gasteiger partial charge on any atom is -0.489 e. The molecule has 3 rings (SSSR count). The smallest absolute Gasteiger partial charge is 0.287 e. The van der Waals surface area contributed by atoms with E-state index in [1.54, 1.807) is 36.4 Å². The lowest BCUT2D eigenvalue weighted by Gasteiger charge is -2.21. The summed E-state index contributed by atoms with van der Waals surface area (Å²) in [6, 6.07) is 15.4. The van der Waals surface area contributed by atoms with Crippen LogP contribution in [0.3, 0.4) is 0 Å². The molecule has 2 N–H and O–H groups in total. The van der Waals surface area contributed by atoms with Gasteiger partial charge in [-0.05, 0) is 47.9 Å². The number of halogens is 1. The van der Waals surface area contributed by atoms with Crippen molar-refractivity contribution in [3.63, 3.8) is 0 Å². The van der Waals surface area contributed by atoms with E-state index in [4.69, 9.17) is 9.15 Å². The number of nitrogens with one attached hydrogen (secondary N) is 2. The van der Waals surface area contributed by atoms with E-state index in [0.717, 1.165) is 5.56 Å². The van der Waals surface area contributed by atoms with Gasteiger partial charge in [0.15, 0.2) is 5.76 Å². The van der Waals surface area contributed by atoms with Crippen molar-refractivity contribution in [3.8, 4) is 5.75 Å². The molecule has 0 aliphatic carbocycles. The molecule has 2 aromatic carbocycles. The number of rotatable bonds is 8. The molecule has 6 nitrogen and oxygen atoms in total. The van der Waals surface area contributed by atoms with E-state index in [0.29, 0.717) is 11.4 Å². The molecule has 3 aromatic rings. The fourth-order valence-corrected chi connectivity index (χ4v) is 2.84. The Labute approximate surface area is 174 Å². The second-order valence-corrected chi connectivity index (χ2v) is 7.11. The van der Waals surface area contributed by atoms with Crippen LogP contribution >= 0.6 is 0 Å². The molecule has 0 fully saturated rings. The Morgan fingerprint density at radius 1 is 1.07 bits per heavy atom. The first-order valence-corrected chi connectivity index (χ1v) is 9.55. The third-order valence-corrected chi connectivity index (χ3v) is 4.38. The maximum absolute atomic E-state index is 13.3. The van der Waals surface area contributed by atoms with Crippen LogP contribution in [0.5, 0.6) is 5.75 Å². The minimum absolute atomic E-state index is 0.136. The molecule has 0 unspecified atom stereocenters. The van der Waals surface area contributed by atoms with Crippen LogP contribution in [-0.2, 0) is 11.4 Å². The van der Waals surface area contributed by atoms with Gasteiger partial charge in [-0.3, -0.25) is 9.59 Å². The average Bonchev–Trinajstić information content (AvgIpc) is 3.25. The molecule has 0 saturated heterocycles. The van der Waals surface area contributed by atoms with E-state index in [-0.39, 0.29) is 30.0 Å². The van der Waals surface area contributed by atoms with Gasteiger partial charge in [0, 0.05) is 11.8 Å². The van der Waals surface area contributed by atoms with Crippen molar-refractivity contribution in [3.05, 3.63) is 84.1 Å². The lowest BCUT2D eigenvalue weighted by atomic mass is 10.0. The summed E-state index contributed by atoms with van der Waals surface area (Å²) in [6.45, 7) is 3.90. The molecule has 0 aliphatic rings. The van der Waals surface area contributed by atoms with Crippen molar-refractivity contribution in [2.75, 3.05) is 5.32 Å². The zero-order valence-corrected chi connectivity index (χ0v) is 16.7. The fraction of sp³-hybridized carbons (Fsp3) is 0.217. The van der Waals surface area contributed by atoms with Gasteiger partial charge in [-0.2, -0.15) is 0 Å². The highest BCUT2D eigenvalue weighted by atomic mass is 19.1. The maximum atomic E-state index is 13.3. The van der Waals surface area contributed by atoms with Crippen molar-refractivity contribution in [1.29, 1.82) is 0 Å². The van der Waals surface area contributed by atoms with Crippen LogP contribution < -0.4 is 15.4 Å². The van der Waals surface area contributed by atoms with Gasteiger partial charge in [0.1, 0.15) is 24.2 Å². The van der Waals surface area contributed by atoms with Crippen LogP contribution in [0.1, 0.15) is 30.0 Å². The second kappa shape index (κ2) is 9.73. The van der Waals surface area contributed by atoms with Gasteiger partial charge in [-0.15, -0.1) is 0 Å². The van der Waals surface area contributed by atoms with Crippen LogP contribution in [0.25, 0.3) is 0 Å². The summed E-state index contributed by atoms with van der Waals surface area (Å²) < 4.78 is 23.9. The number of hydrogen-bond donors (Lipinski definition) is 2. The summed E-state index contributed by atoms with van der Waals surface area (Å²) in [6.07, 6.45) is 1.40. The summed E-state index contributed by atoms with van der Waals surface area (Å²) in [4.78, 5) is 25.0. The minimum atomic E-state index is -0.741. The first-order chi connectivity index (χ1) is 14.4. The van der Waals surface area contributed by atoms with E-state index < -0.39 is 11.9 Å². The van der Waals surface area contributed by atoms with Gasteiger partial charge in [-0.1, -0.05) is 32.0 Å². The Hall–Kier alpha value is -3.61. The largest absolute Gasteiger partial charge is 0.489 e. The van der Waals surface area contributed by atoms with Gasteiger partial charge in [0.2, 0.25) is 5.91 Å². The van der Waals surface area contributed by atoms with E-state index in [1.807, 2.05) is 19.9 Å². The normalized spacial score (nSPS) is 11.7. The number of benzene rings is 2. The molecular weight excluding hydrogens is 387 g/mol. The van der Waals surface area contributed by atoms with Gasteiger partial charge >= 0.3 is 0 Å². The highest BCUT2D eigenvalue weighted by molar-refractivity contribution is 6.00. The second-order valence-electron chi connectivity index (χ2n) is 7.11. The predicted molar refractivity (Wildman–Crippen MR) is 111 cm³/mol. The monoisotopic (exact) mass is 410 g/mol. The lowest BCUT2D eigenvalue weighted by molar-refractivity contribution is -0.118. The number of carbonyl (C=O) groups is 2. The molecule has 0 spiro atoms. The number of ether oxygens (including phenoxy) is 1. The van der Waals surface area contributed by atoms with Gasteiger partial charge < -0.3 is 19.8 Å². The highest BCUT2D eigenvalue weighted by Crippen LogP contribution is 2.17. The maximum Gasteiger partial charge on any atom is 0.287 e. The van der Waals surface area contributed by atoms with Crippen LogP contribution in [-0.4, -0.2) is 17.9 Å². The Bertz CT molecular complexity index is 1000. The molecule has 1 heterocycles. The number of hydrogen-bond acceptors (Lipinski definition) is 4. The van der Waals surface area contributed by atoms with Crippen LogP contribution in [0.4, 0.5) is 10.1 Å². The third kappa shape index (κ3) is 5.70. The Balaban J connectivity index is 1.63. The van der Waals surface area contributed by atoms with Crippen LogP contribution in [0.2, 0.25) is 0 Å². The lowest BCUT2D eigenvalue weighted by Crippen LogP contribution is -2.47. The molecule has 0 saturated carbocycles. The van der Waals surface area contributed by atoms with Crippen molar-refractivity contribution < 1.29 is 23.1 Å². The molecule has 1 aromatic heterocycles. The Kier molecular flexibility index (Phi) is 6.85. The molecular formula is C23H23FN2O4. The van der Waals surface area contributed by atoms with Crippen molar-refractivity contribution in [2.45, 2.75) is 26.5 Å². The van der Waals surface area contributed by atoms with Crippen molar-refractivity contribution in [2.24, 2.45) is 5.92 Å². The van der Waals surface area contributed by atoms with Gasteiger partial charge in [0.25, 0.3) is 5.91 Å². The summed E-state index contributed by atoms with van der Waals surface area (Å²) in [5.41, 5.74) is 1.37. The zero-order valence-electron chi connectivity index (χ0n) is 16.7. The van der Waals surface area contributed by atoms with Crippen molar-refractivity contribution >= 4 is 17.5 Å². The molecule has 156 valence electrons. The Morgan fingerprint density at radius 3 is 2.57 bits per heavy atom. The highest BCUT2D eigenvalue weighted by Gasteiger charge is 2.25. The molecule has 30 heavy (non-hydrogen) atoms. The number of carbonyl (C=O) groups excluding carboxylic acids is 2. The molecule has 7 heteroatoms. The first-order valence-electron chi connectivity index (χ1n) is 9.55. The van der Waals surface area contributed by atoms with E-state index in [1.165, 1.54) is 24.5 Å². The van der Waals surface area contributed by atoms with Crippen LogP contribution in [0, 0.1) is 11.7 Å². The first kappa shape index (κ1) is 21.1. The molecule has 1 atom stereocenters. The standard InChI is InChI=1S/C23H23FN2O4/c1-15(2)21(26-22(27)20-10-5-11-29-20)23(28)25-18-8-3-6-16(12-18)14-30-19-9-4-7-17(24)13-19/h3-13,15,21H,14H2,1-2H3,(H,25,28)(H,26,27)/t21-/m0/s1. The summed E-state index contributed by atoms with van der Waals surface area (Å²) in [7, 11) is 0. The molecule has 0 aliphatic heterocycles. The molecule has 0 radical (unpaired) electrons. The summed E-state index contributed by atoms with van der Waals surface area (Å²) >= 11 is 0.